The van der Waals surface area contributed by atoms with Crippen molar-refractivity contribution in [1.29, 1.82) is 0 Å². The van der Waals surface area contributed by atoms with E-state index in [0.29, 0.717) is 17.2 Å². The average Bonchev–Trinajstić information content (AvgIpc) is 3.07. The van der Waals surface area contributed by atoms with Crippen LogP contribution in [-0.4, -0.2) is 39.6 Å². The van der Waals surface area contributed by atoms with E-state index in [-0.39, 0.29) is 17.5 Å². The van der Waals surface area contributed by atoms with Crippen molar-refractivity contribution in [1.82, 2.24) is 19.9 Å². The molecule has 24 heavy (non-hydrogen) atoms. The molecule has 1 unspecified atom stereocenters. The number of thiazole rings is 1. The van der Waals surface area contributed by atoms with Gasteiger partial charge in [0.2, 0.25) is 0 Å². The van der Waals surface area contributed by atoms with Crippen molar-refractivity contribution >= 4 is 23.1 Å². The molecule has 0 bridgehead atoms. The Morgan fingerprint density at radius 2 is 2.29 bits per heavy atom. The quantitative estimate of drug-likeness (QED) is 0.899. The van der Waals surface area contributed by atoms with Gasteiger partial charge in [-0.2, -0.15) is 0 Å². The Hall–Kier alpha value is -2.22. The van der Waals surface area contributed by atoms with Crippen molar-refractivity contribution in [2.45, 2.75) is 32.2 Å². The third-order valence-corrected chi connectivity index (χ3v) is 5.28. The number of hydrogen-bond acceptors (Lipinski definition) is 6. The first kappa shape index (κ1) is 16.6. The molecule has 1 saturated heterocycles. The van der Waals surface area contributed by atoms with Crippen LogP contribution in [-0.2, 0) is 13.5 Å². The van der Waals surface area contributed by atoms with Gasteiger partial charge in [-0.3, -0.25) is 9.59 Å². The Labute approximate surface area is 144 Å². The number of amides is 1. The molecule has 0 saturated carbocycles. The smallest absolute Gasteiger partial charge is 0.293 e. The number of piperidine rings is 1. The van der Waals surface area contributed by atoms with Crippen LogP contribution < -0.4 is 15.8 Å². The lowest BCUT2D eigenvalue weighted by Gasteiger charge is -2.33. The van der Waals surface area contributed by atoms with E-state index in [1.165, 1.54) is 15.9 Å². The van der Waals surface area contributed by atoms with Gasteiger partial charge in [0.25, 0.3) is 11.5 Å². The lowest BCUT2D eigenvalue weighted by atomic mass is 10.1. The minimum Gasteiger partial charge on any atom is -0.350 e. The normalized spacial score (nSPS) is 17.8. The number of hydrogen-bond donors (Lipinski definition) is 1. The molecule has 1 aliphatic heterocycles. The standard InChI is InChI=1S/C16H21N5O2S/c1-3-13-18-9-12(24-13)15(22)19-11-5-4-7-21(10-11)14-16(23)20(2)8-6-17-14/h6,8-9,11H,3-5,7,10H2,1-2H3,(H,19,22). The molecule has 1 aliphatic rings. The number of anilines is 1. The van der Waals surface area contributed by atoms with E-state index in [9.17, 15) is 9.59 Å². The Morgan fingerprint density at radius 3 is 3.04 bits per heavy atom. The second kappa shape index (κ2) is 7.12. The fourth-order valence-electron chi connectivity index (χ4n) is 2.82. The molecule has 2 aromatic rings. The van der Waals surface area contributed by atoms with E-state index >= 15 is 0 Å². The fourth-order valence-corrected chi connectivity index (χ4v) is 3.58. The third kappa shape index (κ3) is 3.48. The van der Waals surface area contributed by atoms with Crippen molar-refractivity contribution in [3.63, 3.8) is 0 Å². The summed E-state index contributed by atoms with van der Waals surface area (Å²) in [4.78, 5) is 35.6. The Balaban J connectivity index is 1.68. The summed E-state index contributed by atoms with van der Waals surface area (Å²) in [6, 6.07) is 0.00476. The lowest BCUT2D eigenvalue weighted by Crippen LogP contribution is -2.49. The van der Waals surface area contributed by atoms with Gasteiger partial charge in [-0.15, -0.1) is 11.3 Å². The van der Waals surface area contributed by atoms with Crippen molar-refractivity contribution in [3.05, 3.63) is 38.8 Å². The van der Waals surface area contributed by atoms with E-state index in [2.05, 4.69) is 15.3 Å². The number of aromatic nitrogens is 3. The van der Waals surface area contributed by atoms with Gasteiger partial charge in [-0.1, -0.05) is 6.92 Å². The molecule has 3 heterocycles. The molecular weight excluding hydrogens is 326 g/mol. The predicted molar refractivity (Wildman–Crippen MR) is 93.7 cm³/mol. The van der Waals surface area contributed by atoms with Crippen molar-refractivity contribution in [2.24, 2.45) is 7.05 Å². The first-order valence-corrected chi connectivity index (χ1v) is 8.92. The van der Waals surface area contributed by atoms with Gasteiger partial charge in [-0.25, -0.2) is 9.97 Å². The van der Waals surface area contributed by atoms with Gasteiger partial charge in [0.1, 0.15) is 4.88 Å². The van der Waals surface area contributed by atoms with Crippen LogP contribution in [0.5, 0.6) is 0 Å². The highest BCUT2D eigenvalue weighted by molar-refractivity contribution is 7.13. The van der Waals surface area contributed by atoms with E-state index in [0.717, 1.165) is 30.8 Å². The van der Waals surface area contributed by atoms with Crippen LogP contribution in [0.25, 0.3) is 0 Å². The zero-order valence-electron chi connectivity index (χ0n) is 13.9. The molecule has 0 radical (unpaired) electrons. The maximum atomic E-state index is 12.4. The molecular formula is C16H21N5O2S. The summed E-state index contributed by atoms with van der Waals surface area (Å²) in [6.45, 7) is 3.39. The van der Waals surface area contributed by atoms with Gasteiger partial charge in [0, 0.05) is 38.6 Å². The van der Waals surface area contributed by atoms with E-state index < -0.39 is 0 Å². The van der Waals surface area contributed by atoms with Crippen LogP contribution in [0.3, 0.4) is 0 Å². The van der Waals surface area contributed by atoms with Crippen LogP contribution >= 0.6 is 11.3 Å². The molecule has 3 rings (SSSR count). The molecule has 7 nitrogen and oxygen atoms in total. The summed E-state index contributed by atoms with van der Waals surface area (Å²) in [6.07, 6.45) is 7.54. The predicted octanol–water partition coefficient (Wildman–Crippen LogP) is 1.20. The summed E-state index contributed by atoms with van der Waals surface area (Å²) < 4.78 is 1.52. The maximum Gasteiger partial charge on any atom is 0.293 e. The fraction of sp³-hybridized carbons (Fsp3) is 0.500. The Morgan fingerprint density at radius 1 is 1.46 bits per heavy atom. The molecule has 128 valence electrons. The number of nitrogens with zero attached hydrogens (tertiary/aromatic N) is 4. The summed E-state index contributed by atoms with van der Waals surface area (Å²) in [5, 5.41) is 4.02. The van der Waals surface area contributed by atoms with Crippen LogP contribution in [0.4, 0.5) is 5.82 Å². The molecule has 2 aromatic heterocycles. The number of nitrogens with one attached hydrogen (secondary N) is 1. The second-order valence-electron chi connectivity index (χ2n) is 5.90. The molecule has 1 amide bonds. The van der Waals surface area contributed by atoms with Crippen LogP contribution in [0.15, 0.2) is 23.4 Å². The van der Waals surface area contributed by atoms with E-state index in [1.54, 1.807) is 25.6 Å². The zero-order chi connectivity index (χ0) is 17.1. The molecule has 1 fully saturated rings. The van der Waals surface area contributed by atoms with Gasteiger partial charge in [0.05, 0.1) is 11.2 Å². The largest absolute Gasteiger partial charge is 0.350 e. The second-order valence-corrected chi connectivity index (χ2v) is 7.01. The molecule has 0 aromatic carbocycles. The lowest BCUT2D eigenvalue weighted by molar-refractivity contribution is 0.0937. The maximum absolute atomic E-state index is 12.4. The summed E-state index contributed by atoms with van der Waals surface area (Å²) in [7, 11) is 1.71. The van der Waals surface area contributed by atoms with Gasteiger partial charge < -0.3 is 14.8 Å². The van der Waals surface area contributed by atoms with Crippen LogP contribution in [0, 0.1) is 0 Å². The molecule has 8 heteroatoms. The number of carbonyl (C=O) groups excluding carboxylic acids is 1. The van der Waals surface area contributed by atoms with Crippen molar-refractivity contribution in [3.8, 4) is 0 Å². The topological polar surface area (TPSA) is 80.1 Å². The third-order valence-electron chi connectivity index (χ3n) is 4.13. The number of rotatable bonds is 4. The zero-order valence-corrected chi connectivity index (χ0v) is 14.7. The van der Waals surface area contributed by atoms with Crippen LogP contribution in [0.2, 0.25) is 0 Å². The first-order chi connectivity index (χ1) is 11.6. The summed E-state index contributed by atoms with van der Waals surface area (Å²) in [5.74, 6) is 0.359. The van der Waals surface area contributed by atoms with Crippen LogP contribution in [0.1, 0.15) is 34.4 Å². The average molecular weight is 347 g/mol. The van der Waals surface area contributed by atoms with E-state index in [1.807, 2.05) is 11.8 Å². The van der Waals surface area contributed by atoms with E-state index in [4.69, 9.17) is 0 Å². The highest BCUT2D eigenvalue weighted by Gasteiger charge is 2.25. The molecule has 1 atom stereocenters. The Bertz CT molecular complexity index is 785. The van der Waals surface area contributed by atoms with Crippen molar-refractivity contribution < 1.29 is 4.79 Å². The van der Waals surface area contributed by atoms with Gasteiger partial charge >= 0.3 is 0 Å². The minimum atomic E-state index is -0.112. The first-order valence-electron chi connectivity index (χ1n) is 8.10. The number of carbonyl (C=O) groups is 1. The Kier molecular flexibility index (Phi) is 4.94. The minimum absolute atomic E-state index is 0.00476. The van der Waals surface area contributed by atoms with Crippen molar-refractivity contribution in [2.75, 3.05) is 18.0 Å². The SMILES string of the molecule is CCc1ncc(C(=O)NC2CCCN(c3nccn(C)c3=O)C2)s1. The van der Waals surface area contributed by atoms with Gasteiger partial charge in [0.15, 0.2) is 5.82 Å². The van der Waals surface area contributed by atoms with Gasteiger partial charge in [-0.05, 0) is 19.3 Å². The summed E-state index contributed by atoms with van der Waals surface area (Å²) >= 11 is 1.43. The monoisotopic (exact) mass is 347 g/mol. The molecule has 1 N–H and O–H groups in total. The summed E-state index contributed by atoms with van der Waals surface area (Å²) in [5.41, 5.74) is -0.112. The highest BCUT2D eigenvalue weighted by atomic mass is 32.1. The highest BCUT2D eigenvalue weighted by Crippen LogP contribution is 2.17. The molecule has 0 aliphatic carbocycles. The molecule has 0 spiro atoms. The number of aryl methyl sites for hydroxylation is 2.